The fourth-order valence-electron chi connectivity index (χ4n) is 5.17. The van der Waals surface area contributed by atoms with E-state index in [4.69, 9.17) is 14.2 Å². The van der Waals surface area contributed by atoms with Crippen molar-refractivity contribution in [2.24, 2.45) is 5.92 Å². The molecule has 0 bridgehead atoms. The Morgan fingerprint density at radius 3 is 2.05 bits per heavy atom. The number of carbonyl (C=O) groups excluding carboxylic acids is 1. The molecule has 2 aromatic carbocycles. The molecule has 0 spiro atoms. The number of hydrogen-bond acceptors (Lipinski definition) is 4. The van der Waals surface area contributed by atoms with Crippen LogP contribution in [0, 0.1) is 5.92 Å². The van der Waals surface area contributed by atoms with Gasteiger partial charge in [0.2, 0.25) is 0 Å². The van der Waals surface area contributed by atoms with Crippen LogP contribution in [0.25, 0.3) is 11.1 Å². The minimum Gasteiger partial charge on any atom is -0.459 e. The van der Waals surface area contributed by atoms with Crippen LogP contribution < -0.4 is 0 Å². The molecule has 0 saturated carbocycles. The molecule has 0 radical (unpaired) electrons. The molecule has 3 rings (SSSR count). The maximum absolute atomic E-state index is 12.5. The molecule has 1 heterocycles. The highest BCUT2D eigenvalue weighted by Crippen LogP contribution is 2.33. The van der Waals surface area contributed by atoms with E-state index in [0.29, 0.717) is 11.5 Å². The highest BCUT2D eigenvalue weighted by Gasteiger charge is 2.29. The fraction of sp³-hybridized carbons (Fsp3) is 0.618. The van der Waals surface area contributed by atoms with Crippen LogP contribution in [0.3, 0.4) is 0 Å². The van der Waals surface area contributed by atoms with E-state index >= 15 is 0 Å². The first kappa shape index (κ1) is 30.4. The SMILES string of the molecule is CCCCCCCC[C@H]1CO[C@H](c2ccc(-c3ccc(C(=O)O[C@H](C)CCCCCC)cc3)cc2)O[C@@H]1C. The maximum atomic E-state index is 12.5. The quantitative estimate of drug-likeness (QED) is 0.163. The van der Waals surface area contributed by atoms with Gasteiger partial charge in [0.15, 0.2) is 6.29 Å². The lowest BCUT2D eigenvalue weighted by atomic mass is 9.95. The summed E-state index contributed by atoms with van der Waals surface area (Å²) in [5.41, 5.74) is 3.81. The van der Waals surface area contributed by atoms with Gasteiger partial charge in [-0.05, 0) is 56.4 Å². The van der Waals surface area contributed by atoms with Crippen molar-refractivity contribution in [2.75, 3.05) is 6.61 Å². The number of hydrogen-bond donors (Lipinski definition) is 0. The standard InChI is InChI=1S/C34H50O4/c1-5-7-9-11-12-14-16-32-25-36-34(38-27(32)4)31-23-19-29(20-24-31)28-17-21-30(22-18-28)33(35)37-26(3)15-13-10-8-6-2/h17-24,26-27,32,34H,5-16,25H2,1-4H3/t26-,27-,32+,34+/m1/s1. The summed E-state index contributed by atoms with van der Waals surface area (Å²) in [7, 11) is 0. The average molecular weight is 523 g/mol. The van der Waals surface area contributed by atoms with Gasteiger partial charge < -0.3 is 14.2 Å². The molecule has 0 unspecified atom stereocenters. The van der Waals surface area contributed by atoms with Gasteiger partial charge in [-0.2, -0.15) is 0 Å². The largest absolute Gasteiger partial charge is 0.459 e. The summed E-state index contributed by atoms with van der Waals surface area (Å²) in [5.74, 6) is 0.233. The molecular formula is C34H50O4. The summed E-state index contributed by atoms with van der Waals surface area (Å²) in [6.07, 6.45) is 14.6. The first-order valence-electron chi connectivity index (χ1n) is 15.2. The predicted octanol–water partition coefficient (Wildman–Crippen LogP) is 9.67. The third kappa shape index (κ3) is 9.85. The van der Waals surface area contributed by atoms with Crippen LogP contribution in [-0.2, 0) is 14.2 Å². The lowest BCUT2D eigenvalue weighted by Gasteiger charge is -2.35. The van der Waals surface area contributed by atoms with E-state index in [1.54, 1.807) is 0 Å². The number of esters is 1. The first-order valence-corrected chi connectivity index (χ1v) is 15.2. The summed E-state index contributed by atoms with van der Waals surface area (Å²) in [4.78, 5) is 12.5. The van der Waals surface area contributed by atoms with Gasteiger partial charge in [-0.15, -0.1) is 0 Å². The molecule has 1 aliphatic heterocycles. The van der Waals surface area contributed by atoms with Crippen molar-refractivity contribution < 1.29 is 19.0 Å². The molecule has 0 N–H and O–H groups in total. The van der Waals surface area contributed by atoms with Gasteiger partial charge in [-0.25, -0.2) is 4.79 Å². The number of carbonyl (C=O) groups is 1. The molecule has 38 heavy (non-hydrogen) atoms. The summed E-state index contributed by atoms with van der Waals surface area (Å²) >= 11 is 0. The second-order valence-corrected chi connectivity index (χ2v) is 11.1. The van der Waals surface area contributed by atoms with Crippen molar-refractivity contribution in [3.8, 4) is 11.1 Å². The van der Waals surface area contributed by atoms with Crippen LogP contribution in [0.5, 0.6) is 0 Å². The van der Waals surface area contributed by atoms with Gasteiger partial charge in [0.25, 0.3) is 0 Å². The molecule has 210 valence electrons. The fourth-order valence-corrected chi connectivity index (χ4v) is 5.17. The topological polar surface area (TPSA) is 44.8 Å². The summed E-state index contributed by atoms with van der Waals surface area (Å²) in [5, 5.41) is 0. The van der Waals surface area contributed by atoms with E-state index in [1.807, 2.05) is 31.2 Å². The van der Waals surface area contributed by atoms with Gasteiger partial charge in [0.05, 0.1) is 24.4 Å². The molecule has 0 amide bonds. The van der Waals surface area contributed by atoms with E-state index in [0.717, 1.165) is 36.1 Å². The van der Waals surface area contributed by atoms with E-state index in [2.05, 4.69) is 45.0 Å². The molecule has 0 aliphatic carbocycles. The number of unbranched alkanes of at least 4 members (excludes halogenated alkanes) is 8. The zero-order chi connectivity index (χ0) is 27.2. The monoisotopic (exact) mass is 522 g/mol. The van der Waals surface area contributed by atoms with Crippen molar-refractivity contribution >= 4 is 5.97 Å². The Labute approximate surface area is 231 Å². The minimum absolute atomic E-state index is 0.0515. The number of ether oxygens (including phenoxy) is 3. The second kappa shape index (κ2) is 16.7. The Bertz CT molecular complexity index is 921. The van der Waals surface area contributed by atoms with Crippen LogP contribution in [0.1, 0.15) is 127 Å². The zero-order valence-electron chi connectivity index (χ0n) is 24.3. The van der Waals surface area contributed by atoms with Crippen LogP contribution in [0.15, 0.2) is 48.5 Å². The third-order valence-electron chi connectivity index (χ3n) is 7.80. The molecular weight excluding hydrogens is 472 g/mol. The molecule has 0 aromatic heterocycles. The molecule has 2 aromatic rings. The van der Waals surface area contributed by atoms with E-state index < -0.39 is 0 Å². The smallest absolute Gasteiger partial charge is 0.338 e. The van der Waals surface area contributed by atoms with E-state index in [9.17, 15) is 4.79 Å². The number of benzene rings is 2. The summed E-state index contributed by atoms with van der Waals surface area (Å²) in [6, 6.07) is 16.1. The Balaban J connectivity index is 1.45. The van der Waals surface area contributed by atoms with Crippen LogP contribution in [-0.4, -0.2) is 24.8 Å². The van der Waals surface area contributed by atoms with Crippen LogP contribution >= 0.6 is 0 Å². The maximum Gasteiger partial charge on any atom is 0.338 e. The highest BCUT2D eigenvalue weighted by atomic mass is 16.7. The zero-order valence-corrected chi connectivity index (χ0v) is 24.3. The Morgan fingerprint density at radius 2 is 1.42 bits per heavy atom. The Hall–Kier alpha value is -2.17. The number of rotatable bonds is 16. The van der Waals surface area contributed by atoms with Crippen molar-refractivity contribution in [1.82, 2.24) is 0 Å². The lowest BCUT2D eigenvalue weighted by Crippen LogP contribution is -2.34. The highest BCUT2D eigenvalue weighted by molar-refractivity contribution is 5.90. The van der Waals surface area contributed by atoms with Crippen molar-refractivity contribution in [3.63, 3.8) is 0 Å². The molecule has 1 fully saturated rings. The van der Waals surface area contributed by atoms with E-state index in [-0.39, 0.29) is 24.5 Å². The Kier molecular flexibility index (Phi) is 13.4. The predicted molar refractivity (Wildman–Crippen MR) is 156 cm³/mol. The summed E-state index contributed by atoms with van der Waals surface area (Å²) < 4.78 is 18.0. The first-order chi connectivity index (χ1) is 18.5. The molecule has 4 atom stereocenters. The van der Waals surface area contributed by atoms with Crippen molar-refractivity contribution in [1.29, 1.82) is 0 Å². The minimum atomic E-state index is -0.305. The van der Waals surface area contributed by atoms with Crippen LogP contribution in [0.2, 0.25) is 0 Å². The van der Waals surface area contributed by atoms with Gasteiger partial charge in [0, 0.05) is 11.5 Å². The van der Waals surface area contributed by atoms with Gasteiger partial charge in [-0.1, -0.05) is 108 Å². The molecule has 1 saturated heterocycles. The van der Waals surface area contributed by atoms with Crippen LogP contribution in [0.4, 0.5) is 0 Å². The molecule has 4 nitrogen and oxygen atoms in total. The summed E-state index contributed by atoms with van der Waals surface area (Å²) in [6.45, 7) is 9.39. The Morgan fingerprint density at radius 1 is 0.842 bits per heavy atom. The van der Waals surface area contributed by atoms with Gasteiger partial charge in [0.1, 0.15) is 0 Å². The molecule has 4 heteroatoms. The van der Waals surface area contributed by atoms with Gasteiger partial charge >= 0.3 is 5.97 Å². The lowest BCUT2D eigenvalue weighted by molar-refractivity contribution is -0.237. The van der Waals surface area contributed by atoms with Crippen molar-refractivity contribution in [2.45, 2.75) is 123 Å². The second-order valence-electron chi connectivity index (χ2n) is 11.1. The van der Waals surface area contributed by atoms with E-state index in [1.165, 1.54) is 64.2 Å². The van der Waals surface area contributed by atoms with Crippen molar-refractivity contribution in [3.05, 3.63) is 59.7 Å². The third-order valence-corrected chi connectivity index (χ3v) is 7.80. The normalized spacial score (nSPS) is 20.3. The molecule has 1 aliphatic rings. The average Bonchev–Trinajstić information content (AvgIpc) is 2.94. The van der Waals surface area contributed by atoms with Gasteiger partial charge in [-0.3, -0.25) is 0 Å².